The lowest BCUT2D eigenvalue weighted by atomic mass is 9.80. The van der Waals surface area contributed by atoms with Gasteiger partial charge in [0.1, 0.15) is 11.4 Å². The number of nitriles is 1. The van der Waals surface area contributed by atoms with E-state index in [4.69, 9.17) is 37.8 Å². The second-order valence-electron chi connectivity index (χ2n) is 10.3. The molecule has 0 N–H and O–H groups in total. The van der Waals surface area contributed by atoms with Crippen LogP contribution < -0.4 is 4.74 Å². The average Bonchev–Trinajstić information content (AvgIpc) is 3.34. The minimum Gasteiger partial charge on any atom is -0.494 e. The molecule has 3 aromatic carbocycles. The van der Waals surface area contributed by atoms with Gasteiger partial charge in [0.05, 0.1) is 31.0 Å². The smallest absolute Gasteiger partial charge is 0.359 e. The predicted octanol–water partition coefficient (Wildman–Crippen LogP) is 8.35. The highest BCUT2D eigenvalue weighted by atomic mass is 35.5. The number of carbonyl (C=O) groups is 1. The van der Waals surface area contributed by atoms with Gasteiger partial charge in [0.25, 0.3) is 0 Å². The van der Waals surface area contributed by atoms with Crippen molar-refractivity contribution in [1.29, 1.82) is 5.26 Å². The van der Waals surface area contributed by atoms with Gasteiger partial charge in [-0.1, -0.05) is 49.2 Å². The Morgan fingerprint density at radius 3 is 2.37 bits per heavy atom. The fourth-order valence-electron chi connectivity index (χ4n) is 5.28. The molecule has 8 heteroatoms. The summed E-state index contributed by atoms with van der Waals surface area (Å²) in [6, 6.07) is 19.0. The molecule has 41 heavy (non-hydrogen) atoms. The van der Waals surface area contributed by atoms with E-state index in [0.29, 0.717) is 33.5 Å². The highest BCUT2D eigenvalue weighted by Crippen LogP contribution is 2.41. The highest BCUT2D eigenvalue weighted by Gasteiger charge is 2.34. The van der Waals surface area contributed by atoms with Gasteiger partial charge in [-0.15, -0.1) is 0 Å². The first kappa shape index (κ1) is 30.2. The number of ether oxygens (including phenoxy) is 2. The van der Waals surface area contributed by atoms with Crippen molar-refractivity contribution in [2.24, 2.45) is 0 Å². The monoisotopic (exact) mass is 589 g/mol. The number of rotatable bonds is 9. The van der Waals surface area contributed by atoms with Crippen LogP contribution in [0.4, 0.5) is 0 Å². The van der Waals surface area contributed by atoms with Gasteiger partial charge in [0.15, 0.2) is 5.69 Å². The van der Waals surface area contributed by atoms with E-state index in [1.54, 1.807) is 36.9 Å². The Labute approximate surface area is 251 Å². The van der Waals surface area contributed by atoms with Crippen LogP contribution in [0.5, 0.6) is 5.75 Å². The van der Waals surface area contributed by atoms with Crippen LogP contribution in [0.3, 0.4) is 0 Å². The van der Waals surface area contributed by atoms with E-state index < -0.39 is 5.97 Å². The lowest BCUT2D eigenvalue weighted by molar-refractivity contribution is 0.0517. The maximum absolute atomic E-state index is 13.6. The molecule has 1 atom stereocenters. The van der Waals surface area contributed by atoms with Crippen molar-refractivity contribution in [2.45, 2.75) is 52.9 Å². The largest absolute Gasteiger partial charge is 0.494 e. The van der Waals surface area contributed by atoms with Crippen LogP contribution in [0.15, 0.2) is 54.6 Å². The maximum Gasteiger partial charge on any atom is 0.359 e. The van der Waals surface area contributed by atoms with E-state index in [-0.39, 0.29) is 24.1 Å². The zero-order valence-corrected chi connectivity index (χ0v) is 25.6. The third-order valence-electron chi connectivity index (χ3n) is 7.20. The lowest BCUT2D eigenvalue weighted by Gasteiger charge is -2.24. The number of hydrogen-bond donors (Lipinski definition) is 0. The molecule has 1 heterocycles. The standard InChI is InChI=1S/C33H33Cl2N3O3/c1-7-41-33(39)31-30(32(19(2)3)38(37-31)28-15-22(18-36)9-13-29(28)40-6)27(26-12-11-24(34)14-21(26)5)17-23-16-25(35)10-8-20(23)4/h8-16,19,27H,7,17H2,1-6H3. The molecule has 1 aromatic heterocycles. The minimum absolute atomic E-state index is 0.0633. The Balaban J connectivity index is 2.11. The van der Waals surface area contributed by atoms with Crippen LogP contribution in [-0.4, -0.2) is 29.5 Å². The van der Waals surface area contributed by atoms with Crippen molar-refractivity contribution in [1.82, 2.24) is 9.78 Å². The van der Waals surface area contributed by atoms with E-state index in [9.17, 15) is 10.1 Å². The third-order valence-corrected chi connectivity index (χ3v) is 7.67. The number of benzene rings is 3. The van der Waals surface area contributed by atoms with Crippen LogP contribution in [-0.2, 0) is 11.2 Å². The summed E-state index contributed by atoms with van der Waals surface area (Å²) in [5.74, 6) is -0.343. The first-order valence-corrected chi connectivity index (χ1v) is 14.2. The van der Waals surface area contributed by atoms with Crippen LogP contribution in [0.25, 0.3) is 5.69 Å². The van der Waals surface area contributed by atoms with Crippen molar-refractivity contribution in [3.05, 3.63) is 109 Å². The van der Waals surface area contributed by atoms with Gasteiger partial charge in [0.2, 0.25) is 0 Å². The molecule has 0 aliphatic rings. The average molecular weight is 591 g/mol. The number of carbonyl (C=O) groups excluding carboxylic acids is 1. The predicted molar refractivity (Wildman–Crippen MR) is 163 cm³/mol. The summed E-state index contributed by atoms with van der Waals surface area (Å²) in [6.07, 6.45) is 0.558. The molecule has 4 aromatic rings. The first-order chi connectivity index (χ1) is 19.6. The number of aryl methyl sites for hydroxylation is 2. The molecule has 0 saturated heterocycles. The van der Waals surface area contributed by atoms with Crippen LogP contribution in [0.1, 0.15) is 82.2 Å². The normalized spacial score (nSPS) is 11.8. The number of aromatic nitrogens is 2. The molecule has 0 aliphatic carbocycles. The molecule has 0 radical (unpaired) electrons. The maximum atomic E-state index is 13.6. The van der Waals surface area contributed by atoms with E-state index in [1.807, 2.05) is 43.3 Å². The minimum atomic E-state index is -0.516. The summed E-state index contributed by atoms with van der Waals surface area (Å²) in [5, 5.41) is 15.8. The zero-order chi connectivity index (χ0) is 29.8. The van der Waals surface area contributed by atoms with Crippen molar-refractivity contribution in [3.63, 3.8) is 0 Å². The van der Waals surface area contributed by atoms with E-state index in [0.717, 1.165) is 33.5 Å². The van der Waals surface area contributed by atoms with Crippen molar-refractivity contribution >= 4 is 29.2 Å². The van der Waals surface area contributed by atoms with Gasteiger partial charge in [-0.2, -0.15) is 10.4 Å². The van der Waals surface area contributed by atoms with E-state index in [2.05, 4.69) is 26.8 Å². The van der Waals surface area contributed by atoms with E-state index >= 15 is 0 Å². The van der Waals surface area contributed by atoms with E-state index in [1.165, 1.54) is 0 Å². The Bertz CT molecular complexity index is 1640. The number of esters is 1. The van der Waals surface area contributed by atoms with Crippen LogP contribution in [0, 0.1) is 25.2 Å². The van der Waals surface area contributed by atoms with Gasteiger partial charge in [-0.25, -0.2) is 9.48 Å². The number of halogens is 2. The van der Waals surface area contributed by atoms with Crippen molar-refractivity contribution < 1.29 is 14.3 Å². The Kier molecular flexibility index (Phi) is 9.42. The molecule has 0 spiro atoms. The Morgan fingerprint density at radius 2 is 1.73 bits per heavy atom. The molecule has 0 bridgehead atoms. The third kappa shape index (κ3) is 6.27. The number of methoxy groups -OCH3 is 1. The molecule has 0 fully saturated rings. The van der Waals surface area contributed by atoms with Crippen LogP contribution in [0.2, 0.25) is 10.0 Å². The lowest BCUT2D eigenvalue weighted by Crippen LogP contribution is -2.16. The summed E-state index contributed by atoms with van der Waals surface area (Å²) in [5.41, 5.74) is 6.96. The summed E-state index contributed by atoms with van der Waals surface area (Å²) in [4.78, 5) is 13.6. The van der Waals surface area contributed by atoms with Gasteiger partial charge in [0, 0.05) is 21.5 Å². The van der Waals surface area contributed by atoms with Gasteiger partial charge >= 0.3 is 5.97 Å². The second-order valence-corrected chi connectivity index (χ2v) is 11.1. The number of nitrogens with zero attached hydrogens (tertiary/aromatic N) is 3. The zero-order valence-electron chi connectivity index (χ0n) is 24.1. The summed E-state index contributed by atoms with van der Waals surface area (Å²) >= 11 is 12.8. The summed E-state index contributed by atoms with van der Waals surface area (Å²) in [7, 11) is 1.57. The number of hydrogen-bond acceptors (Lipinski definition) is 5. The Hall–Kier alpha value is -3.79. The summed E-state index contributed by atoms with van der Waals surface area (Å²) in [6.45, 7) is 10.2. The summed E-state index contributed by atoms with van der Waals surface area (Å²) < 4.78 is 13.0. The first-order valence-electron chi connectivity index (χ1n) is 13.5. The Morgan fingerprint density at radius 1 is 1.02 bits per heavy atom. The molecule has 212 valence electrons. The quantitative estimate of drug-likeness (QED) is 0.183. The highest BCUT2D eigenvalue weighted by molar-refractivity contribution is 6.31. The van der Waals surface area contributed by atoms with Crippen molar-refractivity contribution in [2.75, 3.05) is 13.7 Å². The van der Waals surface area contributed by atoms with Gasteiger partial charge in [-0.05, 0) is 97.8 Å². The van der Waals surface area contributed by atoms with Crippen LogP contribution >= 0.6 is 23.2 Å². The molecule has 1 unspecified atom stereocenters. The van der Waals surface area contributed by atoms with Crippen molar-refractivity contribution in [3.8, 4) is 17.5 Å². The molecular formula is C33H33Cl2N3O3. The topological polar surface area (TPSA) is 77.1 Å². The molecule has 0 saturated carbocycles. The van der Waals surface area contributed by atoms with Gasteiger partial charge in [-0.3, -0.25) is 0 Å². The molecule has 0 amide bonds. The molecule has 0 aliphatic heterocycles. The fourth-order valence-corrected chi connectivity index (χ4v) is 5.70. The molecule has 6 nitrogen and oxygen atoms in total. The van der Waals surface area contributed by atoms with Gasteiger partial charge < -0.3 is 9.47 Å². The fraction of sp³-hybridized carbons (Fsp3) is 0.303. The SMILES string of the molecule is CCOC(=O)c1nn(-c2cc(C#N)ccc2OC)c(C(C)C)c1C(Cc1cc(Cl)ccc1C)c1ccc(Cl)cc1C. The molecule has 4 rings (SSSR count). The molecular weight excluding hydrogens is 557 g/mol. The second kappa shape index (κ2) is 12.8.